The fraction of sp³-hybridized carbons (Fsp3) is 0.278. The van der Waals surface area contributed by atoms with E-state index in [1.54, 1.807) is 12.1 Å². The molecule has 3 nitrogen and oxygen atoms in total. The van der Waals surface area contributed by atoms with E-state index < -0.39 is 0 Å². The van der Waals surface area contributed by atoms with E-state index >= 15 is 0 Å². The van der Waals surface area contributed by atoms with Crippen LogP contribution in [0.25, 0.3) is 0 Å². The molecule has 0 atom stereocenters. The highest BCUT2D eigenvalue weighted by Gasteiger charge is 2.32. The summed E-state index contributed by atoms with van der Waals surface area (Å²) >= 11 is 0. The van der Waals surface area contributed by atoms with Gasteiger partial charge in [-0.25, -0.2) is 4.39 Å². The van der Waals surface area contributed by atoms with Crippen molar-refractivity contribution < 1.29 is 9.18 Å². The van der Waals surface area contributed by atoms with Crippen molar-refractivity contribution in [3.8, 4) is 0 Å². The highest BCUT2D eigenvalue weighted by molar-refractivity contribution is 5.79. The highest BCUT2D eigenvalue weighted by Crippen LogP contribution is 2.29. The lowest BCUT2D eigenvalue weighted by atomic mass is 10.1. The van der Waals surface area contributed by atoms with E-state index in [1.165, 1.54) is 12.1 Å². The first-order valence-corrected chi connectivity index (χ1v) is 7.50. The maximum atomic E-state index is 13.0. The maximum Gasteiger partial charge on any atom is 0.227 e. The second kappa shape index (κ2) is 6.18. The minimum absolute atomic E-state index is 0.108. The van der Waals surface area contributed by atoms with Crippen LogP contribution in [-0.2, 0) is 17.8 Å². The Kier molecular flexibility index (Phi) is 4.09. The predicted octanol–water partition coefficient (Wildman–Crippen LogP) is 3.14. The van der Waals surface area contributed by atoms with Crippen molar-refractivity contribution in [2.45, 2.75) is 31.8 Å². The topological polar surface area (TPSA) is 46.3 Å². The van der Waals surface area contributed by atoms with Crippen LogP contribution < -0.4 is 5.73 Å². The molecular formula is C18H19FN2O. The molecule has 0 unspecified atom stereocenters. The van der Waals surface area contributed by atoms with Gasteiger partial charge in [0, 0.05) is 18.3 Å². The van der Waals surface area contributed by atoms with Crippen LogP contribution in [0.1, 0.15) is 24.0 Å². The van der Waals surface area contributed by atoms with Crippen LogP contribution in [0.2, 0.25) is 0 Å². The van der Waals surface area contributed by atoms with E-state index in [9.17, 15) is 9.18 Å². The van der Waals surface area contributed by atoms with Crippen LogP contribution in [0.3, 0.4) is 0 Å². The molecule has 0 aromatic heterocycles. The molecule has 2 aromatic rings. The largest absolute Gasteiger partial charge is 0.399 e. The van der Waals surface area contributed by atoms with Crippen molar-refractivity contribution in [1.29, 1.82) is 0 Å². The molecule has 22 heavy (non-hydrogen) atoms. The molecule has 0 radical (unpaired) electrons. The highest BCUT2D eigenvalue weighted by atomic mass is 19.1. The van der Waals surface area contributed by atoms with Gasteiger partial charge in [0.2, 0.25) is 5.91 Å². The average molecular weight is 298 g/mol. The summed E-state index contributed by atoms with van der Waals surface area (Å²) in [7, 11) is 0. The lowest BCUT2D eigenvalue weighted by molar-refractivity contribution is -0.131. The monoisotopic (exact) mass is 298 g/mol. The summed E-state index contributed by atoms with van der Waals surface area (Å²) in [5, 5.41) is 0. The first kappa shape index (κ1) is 14.6. The fourth-order valence-corrected chi connectivity index (χ4v) is 2.51. The molecule has 0 saturated heterocycles. The number of amides is 1. The van der Waals surface area contributed by atoms with Gasteiger partial charge in [-0.15, -0.1) is 0 Å². The third-order valence-corrected chi connectivity index (χ3v) is 3.91. The van der Waals surface area contributed by atoms with Gasteiger partial charge >= 0.3 is 0 Å². The van der Waals surface area contributed by atoms with Gasteiger partial charge in [0.1, 0.15) is 5.82 Å². The Bertz CT molecular complexity index is 648. The van der Waals surface area contributed by atoms with Crippen molar-refractivity contribution in [3.63, 3.8) is 0 Å². The number of carbonyl (C=O) groups is 1. The average Bonchev–Trinajstić information content (AvgIpc) is 3.33. The second-order valence-electron chi connectivity index (χ2n) is 5.80. The molecule has 0 spiro atoms. The summed E-state index contributed by atoms with van der Waals surface area (Å²) in [5.41, 5.74) is 8.28. The van der Waals surface area contributed by atoms with Gasteiger partial charge in [0.05, 0.1) is 6.42 Å². The molecule has 3 rings (SSSR count). The standard InChI is InChI=1S/C18H19FN2O/c19-15-5-1-14(2-6-15)12-21(17-9-10-17)18(22)11-13-3-7-16(20)8-4-13/h1-8,17H,9-12,20H2. The Balaban J connectivity index is 1.69. The molecular weight excluding hydrogens is 279 g/mol. The van der Waals surface area contributed by atoms with E-state index in [0.29, 0.717) is 24.7 Å². The summed E-state index contributed by atoms with van der Waals surface area (Å²) < 4.78 is 13.0. The van der Waals surface area contributed by atoms with Gasteiger partial charge < -0.3 is 10.6 Å². The quantitative estimate of drug-likeness (QED) is 0.862. The minimum Gasteiger partial charge on any atom is -0.399 e. The lowest BCUT2D eigenvalue weighted by Gasteiger charge is -2.23. The number of carbonyl (C=O) groups excluding carboxylic acids is 1. The summed E-state index contributed by atoms with van der Waals surface area (Å²) in [6, 6.07) is 14.1. The molecule has 0 bridgehead atoms. The van der Waals surface area contributed by atoms with Crippen LogP contribution in [-0.4, -0.2) is 16.8 Å². The Morgan fingerprint density at radius 2 is 1.64 bits per heavy atom. The van der Waals surface area contributed by atoms with Crippen LogP contribution in [0, 0.1) is 5.82 Å². The number of nitrogens with two attached hydrogens (primary N) is 1. The molecule has 2 N–H and O–H groups in total. The van der Waals surface area contributed by atoms with E-state index in [2.05, 4.69) is 0 Å². The van der Waals surface area contributed by atoms with Gasteiger partial charge in [0.25, 0.3) is 0 Å². The Labute approximate surface area is 129 Å². The van der Waals surface area contributed by atoms with E-state index in [4.69, 9.17) is 5.73 Å². The van der Waals surface area contributed by atoms with Gasteiger partial charge in [0.15, 0.2) is 0 Å². The van der Waals surface area contributed by atoms with Crippen LogP contribution in [0.4, 0.5) is 10.1 Å². The number of anilines is 1. The number of hydrogen-bond donors (Lipinski definition) is 1. The van der Waals surface area contributed by atoms with Gasteiger partial charge in [-0.1, -0.05) is 24.3 Å². The summed E-state index contributed by atoms with van der Waals surface area (Å²) in [6.07, 6.45) is 2.47. The Hall–Kier alpha value is -2.36. The molecule has 0 aliphatic heterocycles. The van der Waals surface area contributed by atoms with Crippen molar-refractivity contribution in [2.24, 2.45) is 0 Å². The number of hydrogen-bond acceptors (Lipinski definition) is 2. The molecule has 1 amide bonds. The van der Waals surface area contributed by atoms with Crippen molar-refractivity contribution in [1.82, 2.24) is 4.90 Å². The number of rotatable bonds is 5. The number of nitrogen functional groups attached to an aromatic ring is 1. The zero-order chi connectivity index (χ0) is 15.5. The smallest absolute Gasteiger partial charge is 0.227 e. The van der Waals surface area contributed by atoms with E-state index in [-0.39, 0.29) is 11.7 Å². The zero-order valence-corrected chi connectivity index (χ0v) is 12.3. The zero-order valence-electron chi connectivity index (χ0n) is 12.3. The van der Waals surface area contributed by atoms with E-state index in [1.807, 2.05) is 29.2 Å². The van der Waals surface area contributed by atoms with Crippen molar-refractivity contribution in [2.75, 3.05) is 5.73 Å². The van der Waals surface area contributed by atoms with Gasteiger partial charge in [-0.3, -0.25) is 4.79 Å². The molecule has 1 fully saturated rings. The van der Waals surface area contributed by atoms with Crippen molar-refractivity contribution in [3.05, 3.63) is 65.5 Å². The second-order valence-corrected chi connectivity index (χ2v) is 5.80. The number of halogens is 1. The Morgan fingerprint density at radius 1 is 1.05 bits per heavy atom. The molecule has 114 valence electrons. The fourth-order valence-electron chi connectivity index (χ4n) is 2.51. The third-order valence-electron chi connectivity index (χ3n) is 3.91. The lowest BCUT2D eigenvalue weighted by Crippen LogP contribution is -2.33. The van der Waals surface area contributed by atoms with Gasteiger partial charge in [-0.2, -0.15) is 0 Å². The molecule has 0 heterocycles. The molecule has 1 saturated carbocycles. The van der Waals surface area contributed by atoms with E-state index in [0.717, 1.165) is 24.0 Å². The van der Waals surface area contributed by atoms with Crippen molar-refractivity contribution >= 4 is 11.6 Å². The normalized spacial score (nSPS) is 13.9. The minimum atomic E-state index is -0.255. The predicted molar refractivity (Wildman–Crippen MR) is 84.5 cm³/mol. The first-order valence-electron chi connectivity index (χ1n) is 7.50. The molecule has 4 heteroatoms. The number of nitrogens with zero attached hydrogens (tertiary/aromatic N) is 1. The molecule has 1 aliphatic carbocycles. The SMILES string of the molecule is Nc1ccc(CC(=O)N(Cc2ccc(F)cc2)C2CC2)cc1. The number of benzene rings is 2. The van der Waals surface area contributed by atoms with Gasteiger partial charge in [-0.05, 0) is 48.2 Å². The first-order chi connectivity index (χ1) is 10.6. The Morgan fingerprint density at radius 3 is 2.23 bits per heavy atom. The summed E-state index contributed by atoms with van der Waals surface area (Å²) in [6.45, 7) is 0.540. The van der Waals surface area contributed by atoms with Crippen LogP contribution >= 0.6 is 0 Å². The van der Waals surface area contributed by atoms with Crippen LogP contribution in [0.15, 0.2) is 48.5 Å². The van der Waals surface area contributed by atoms with Crippen LogP contribution in [0.5, 0.6) is 0 Å². The molecule has 2 aromatic carbocycles. The molecule has 1 aliphatic rings. The third kappa shape index (κ3) is 3.64. The summed E-state index contributed by atoms with van der Waals surface area (Å²) in [4.78, 5) is 14.5. The maximum absolute atomic E-state index is 13.0. The summed E-state index contributed by atoms with van der Waals surface area (Å²) in [5.74, 6) is -0.147.